The number of hydrogen-bond donors (Lipinski definition) is 0. The molecule has 4 nitrogen and oxygen atoms in total. The van der Waals surface area contributed by atoms with Gasteiger partial charge in [-0.3, -0.25) is 9.00 Å². The zero-order chi connectivity index (χ0) is 12.1. The number of benzene rings is 1. The number of carbonyl (C=O) groups excluding carboxylic acids is 1. The Morgan fingerprint density at radius 1 is 1.44 bits per heavy atom. The van der Waals surface area contributed by atoms with Crippen molar-refractivity contribution in [3.8, 4) is 0 Å². The van der Waals surface area contributed by atoms with Gasteiger partial charge in [-0.25, -0.2) is 0 Å². The van der Waals surface area contributed by atoms with Gasteiger partial charge in [0, 0.05) is 5.75 Å². The second-order valence-electron chi connectivity index (χ2n) is 3.43. The maximum Gasteiger partial charge on any atom is 0.312 e. The molecular formula is C11H13O4S-. The van der Waals surface area contributed by atoms with Crippen LogP contribution in [0.25, 0.3) is 0 Å². The molecule has 2 unspecified atom stereocenters. The van der Waals surface area contributed by atoms with Crippen molar-refractivity contribution in [1.82, 2.24) is 0 Å². The van der Waals surface area contributed by atoms with Crippen LogP contribution in [0.1, 0.15) is 24.0 Å². The van der Waals surface area contributed by atoms with Crippen LogP contribution >= 0.6 is 0 Å². The van der Waals surface area contributed by atoms with E-state index < -0.39 is 11.1 Å². The zero-order valence-electron chi connectivity index (χ0n) is 9.14. The zero-order valence-corrected chi connectivity index (χ0v) is 9.95. The lowest BCUT2D eigenvalue weighted by molar-refractivity contribution is -0.141. The van der Waals surface area contributed by atoms with Crippen LogP contribution in [0.5, 0.6) is 0 Å². The Bertz CT molecular complexity index is 385. The van der Waals surface area contributed by atoms with E-state index in [1.165, 1.54) is 7.11 Å². The number of hydrogen-bond acceptors (Lipinski definition) is 4. The van der Waals surface area contributed by atoms with Crippen molar-refractivity contribution in [3.63, 3.8) is 0 Å². The second kappa shape index (κ2) is 5.77. The fourth-order valence-corrected chi connectivity index (χ4v) is 1.82. The van der Waals surface area contributed by atoms with Crippen LogP contribution in [-0.2, 0) is 26.4 Å². The first-order chi connectivity index (χ1) is 7.54. The van der Waals surface area contributed by atoms with Crippen molar-refractivity contribution >= 4 is 17.0 Å². The van der Waals surface area contributed by atoms with E-state index in [1.807, 2.05) is 0 Å². The van der Waals surface area contributed by atoms with E-state index in [0.29, 0.717) is 5.56 Å². The van der Waals surface area contributed by atoms with Gasteiger partial charge in [-0.15, -0.1) is 0 Å². The van der Waals surface area contributed by atoms with Gasteiger partial charge in [-0.1, -0.05) is 35.3 Å². The minimum absolute atomic E-state index is 0.00706. The molecule has 0 heterocycles. The summed E-state index contributed by atoms with van der Waals surface area (Å²) in [6, 6.07) is 6.88. The molecule has 0 aliphatic carbocycles. The monoisotopic (exact) mass is 241 g/mol. The van der Waals surface area contributed by atoms with Crippen molar-refractivity contribution in [2.24, 2.45) is 0 Å². The van der Waals surface area contributed by atoms with Crippen molar-refractivity contribution in [2.75, 3.05) is 7.11 Å². The van der Waals surface area contributed by atoms with Crippen LogP contribution in [0.15, 0.2) is 24.3 Å². The molecule has 0 bridgehead atoms. The van der Waals surface area contributed by atoms with E-state index >= 15 is 0 Å². The van der Waals surface area contributed by atoms with Crippen LogP contribution in [-0.4, -0.2) is 21.8 Å². The van der Waals surface area contributed by atoms with Gasteiger partial charge in [0.1, 0.15) is 0 Å². The summed E-state index contributed by atoms with van der Waals surface area (Å²) in [5, 5.41) is 0. The first-order valence-corrected chi connectivity index (χ1v) is 6.01. The summed E-state index contributed by atoms with van der Waals surface area (Å²) in [6.45, 7) is 1.74. The van der Waals surface area contributed by atoms with E-state index in [1.54, 1.807) is 31.2 Å². The lowest BCUT2D eigenvalue weighted by Gasteiger charge is -2.10. The van der Waals surface area contributed by atoms with E-state index in [2.05, 4.69) is 4.74 Å². The predicted molar refractivity (Wildman–Crippen MR) is 59.5 cm³/mol. The van der Waals surface area contributed by atoms with Gasteiger partial charge < -0.3 is 9.29 Å². The Hall–Kier alpha value is -1.20. The number of carbonyl (C=O) groups is 1. The molecule has 88 valence electrons. The molecule has 0 aliphatic heterocycles. The highest BCUT2D eigenvalue weighted by atomic mass is 32.2. The Kier molecular flexibility index (Phi) is 4.64. The summed E-state index contributed by atoms with van der Waals surface area (Å²) in [7, 11) is 1.34. The summed E-state index contributed by atoms with van der Waals surface area (Å²) in [6.07, 6.45) is 0. The van der Waals surface area contributed by atoms with Crippen LogP contribution in [0.3, 0.4) is 0 Å². The molecule has 1 aromatic rings. The molecule has 2 atom stereocenters. The fourth-order valence-electron chi connectivity index (χ4n) is 1.35. The highest BCUT2D eigenvalue weighted by Crippen LogP contribution is 2.17. The molecule has 0 saturated carbocycles. The number of rotatable bonds is 4. The van der Waals surface area contributed by atoms with Gasteiger partial charge in [-0.2, -0.15) is 0 Å². The summed E-state index contributed by atoms with van der Waals surface area (Å²) >= 11 is -2.09. The van der Waals surface area contributed by atoms with E-state index in [9.17, 15) is 13.6 Å². The second-order valence-corrected chi connectivity index (χ2v) is 4.33. The van der Waals surface area contributed by atoms with E-state index in [-0.39, 0.29) is 17.6 Å². The molecule has 0 spiro atoms. The Labute approximate surface area is 96.9 Å². The summed E-state index contributed by atoms with van der Waals surface area (Å²) in [5.74, 6) is -0.649. The molecule has 0 aromatic heterocycles. The largest absolute Gasteiger partial charge is 0.772 e. The summed E-state index contributed by atoms with van der Waals surface area (Å²) in [5.41, 5.74) is 1.52. The van der Waals surface area contributed by atoms with Crippen molar-refractivity contribution in [1.29, 1.82) is 0 Å². The molecule has 0 saturated heterocycles. The number of ether oxygens (including phenoxy) is 1. The summed E-state index contributed by atoms with van der Waals surface area (Å²) in [4.78, 5) is 11.3. The van der Waals surface area contributed by atoms with Crippen molar-refractivity contribution in [3.05, 3.63) is 35.4 Å². The molecule has 16 heavy (non-hydrogen) atoms. The van der Waals surface area contributed by atoms with Gasteiger partial charge in [-0.05, 0) is 18.1 Å². The van der Waals surface area contributed by atoms with Crippen LogP contribution in [0.2, 0.25) is 0 Å². The molecule has 0 fully saturated rings. The normalized spacial score (nSPS) is 14.2. The molecular weight excluding hydrogens is 228 g/mol. The van der Waals surface area contributed by atoms with Gasteiger partial charge >= 0.3 is 5.97 Å². The summed E-state index contributed by atoms with van der Waals surface area (Å²) < 4.78 is 25.6. The third-order valence-electron chi connectivity index (χ3n) is 2.32. The SMILES string of the molecule is COC(=O)C(C)c1ccc(CS(=O)[O-])cc1. The molecule has 0 radical (unpaired) electrons. The van der Waals surface area contributed by atoms with Gasteiger partial charge in [0.05, 0.1) is 13.0 Å². The standard InChI is InChI=1S/C11H14O4S/c1-8(11(12)15-2)10-5-3-9(4-6-10)7-16(13)14/h3-6,8H,7H2,1-2H3,(H,13,14)/p-1. The average Bonchev–Trinajstić information content (AvgIpc) is 2.27. The van der Waals surface area contributed by atoms with Gasteiger partial charge in [0.25, 0.3) is 0 Å². The Balaban J connectivity index is 2.78. The Morgan fingerprint density at radius 3 is 2.44 bits per heavy atom. The highest BCUT2D eigenvalue weighted by Gasteiger charge is 2.14. The molecule has 0 aliphatic rings. The third-order valence-corrected chi connectivity index (χ3v) is 2.89. The molecule has 5 heteroatoms. The first kappa shape index (κ1) is 12.9. The van der Waals surface area contributed by atoms with Gasteiger partial charge in [0.2, 0.25) is 0 Å². The van der Waals surface area contributed by atoms with Crippen molar-refractivity contribution < 1.29 is 18.3 Å². The quantitative estimate of drug-likeness (QED) is 0.589. The molecule has 1 rings (SSSR count). The first-order valence-electron chi connectivity index (χ1n) is 4.77. The van der Waals surface area contributed by atoms with Crippen LogP contribution in [0.4, 0.5) is 0 Å². The molecule has 0 amide bonds. The molecule has 1 aromatic carbocycles. The fraction of sp³-hybridized carbons (Fsp3) is 0.364. The van der Waals surface area contributed by atoms with Crippen molar-refractivity contribution in [2.45, 2.75) is 18.6 Å². The average molecular weight is 241 g/mol. The van der Waals surface area contributed by atoms with Gasteiger partial charge in [0.15, 0.2) is 0 Å². The van der Waals surface area contributed by atoms with E-state index in [4.69, 9.17) is 0 Å². The van der Waals surface area contributed by atoms with Crippen LogP contribution < -0.4 is 0 Å². The minimum atomic E-state index is -2.09. The van der Waals surface area contributed by atoms with Crippen LogP contribution in [0, 0.1) is 0 Å². The molecule has 0 N–H and O–H groups in total. The highest BCUT2D eigenvalue weighted by molar-refractivity contribution is 7.78. The smallest absolute Gasteiger partial charge is 0.312 e. The third kappa shape index (κ3) is 3.43. The lowest BCUT2D eigenvalue weighted by atomic mass is 10.0. The number of methoxy groups -OCH3 is 1. The number of esters is 1. The maximum atomic E-state index is 11.3. The lowest BCUT2D eigenvalue weighted by Crippen LogP contribution is -2.10. The topological polar surface area (TPSA) is 66.4 Å². The Morgan fingerprint density at radius 2 is 2.00 bits per heavy atom. The minimum Gasteiger partial charge on any atom is -0.772 e. The predicted octanol–water partition coefficient (Wildman–Crippen LogP) is 1.34. The maximum absolute atomic E-state index is 11.3. The van der Waals surface area contributed by atoms with E-state index in [0.717, 1.165) is 5.56 Å².